The van der Waals surface area contributed by atoms with Gasteiger partial charge in [0.15, 0.2) is 0 Å². The van der Waals surface area contributed by atoms with E-state index in [1.165, 1.54) is 6.92 Å². The van der Waals surface area contributed by atoms with Gasteiger partial charge in [-0.2, -0.15) is 0 Å². The second kappa shape index (κ2) is 8.49. The van der Waals surface area contributed by atoms with Crippen LogP contribution in [0.25, 0.3) is 0 Å². The maximum atomic E-state index is 12.3. The largest absolute Gasteiger partial charge is 0.378 e. The van der Waals surface area contributed by atoms with E-state index in [2.05, 4.69) is 15.5 Å². The van der Waals surface area contributed by atoms with Gasteiger partial charge in [-0.3, -0.25) is 9.59 Å². The zero-order chi connectivity index (χ0) is 18.4. The number of amides is 2. The van der Waals surface area contributed by atoms with Gasteiger partial charge in [0.1, 0.15) is 0 Å². The zero-order valence-electron chi connectivity index (χ0n) is 14.8. The third-order valence-corrected chi connectivity index (χ3v) is 4.14. The fourth-order valence-electron chi connectivity index (χ4n) is 2.91. The van der Waals surface area contributed by atoms with Crippen LogP contribution < -0.4 is 15.5 Å². The molecule has 1 aliphatic rings. The Bertz CT molecular complexity index is 768. The lowest BCUT2D eigenvalue weighted by atomic mass is 10.1. The van der Waals surface area contributed by atoms with Gasteiger partial charge in [-0.05, 0) is 35.9 Å². The van der Waals surface area contributed by atoms with E-state index >= 15 is 0 Å². The second-order valence-corrected chi connectivity index (χ2v) is 6.25. The molecule has 6 heteroatoms. The molecule has 1 heterocycles. The normalized spacial score (nSPS) is 14.0. The molecule has 2 aromatic carbocycles. The van der Waals surface area contributed by atoms with Crippen LogP contribution in [0.2, 0.25) is 0 Å². The van der Waals surface area contributed by atoms with Crippen LogP contribution in [0.15, 0.2) is 48.5 Å². The number of nitrogens with zero attached hydrogens (tertiary/aromatic N) is 1. The minimum Gasteiger partial charge on any atom is -0.378 e. The Morgan fingerprint density at radius 3 is 2.31 bits per heavy atom. The molecule has 1 saturated heterocycles. The molecule has 0 saturated carbocycles. The van der Waals surface area contributed by atoms with Gasteiger partial charge < -0.3 is 20.3 Å². The Morgan fingerprint density at radius 1 is 1.00 bits per heavy atom. The highest BCUT2D eigenvalue weighted by Gasteiger charge is 2.11. The van der Waals surface area contributed by atoms with E-state index in [0.717, 1.165) is 37.6 Å². The summed E-state index contributed by atoms with van der Waals surface area (Å²) < 4.78 is 5.37. The molecule has 0 atom stereocenters. The number of carbonyl (C=O) groups excluding carboxylic acids is 2. The molecule has 0 aromatic heterocycles. The molecule has 0 spiro atoms. The Labute approximate surface area is 153 Å². The van der Waals surface area contributed by atoms with Crippen molar-refractivity contribution in [1.82, 2.24) is 0 Å². The zero-order valence-corrected chi connectivity index (χ0v) is 14.8. The summed E-state index contributed by atoms with van der Waals surface area (Å²) in [5, 5.41) is 5.57. The minimum atomic E-state index is -0.145. The van der Waals surface area contributed by atoms with E-state index in [4.69, 9.17) is 4.74 Å². The molecule has 0 radical (unpaired) electrons. The Kier molecular flexibility index (Phi) is 5.86. The van der Waals surface area contributed by atoms with Crippen LogP contribution in [0.4, 0.5) is 17.1 Å². The Morgan fingerprint density at radius 2 is 1.65 bits per heavy atom. The summed E-state index contributed by atoms with van der Waals surface area (Å²) in [6.45, 7) is 4.74. The second-order valence-electron chi connectivity index (χ2n) is 6.25. The number of benzene rings is 2. The predicted octanol–water partition coefficient (Wildman–Crippen LogP) is 2.66. The summed E-state index contributed by atoms with van der Waals surface area (Å²) in [5.41, 5.74) is 3.43. The molecule has 0 bridgehead atoms. The highest BCUT2D eigenvalue weighted by Crippen LogP contribution is 2.18. The molecule has 0 unspecified atom stereocenters. The summed E-state index contributed by atoms with van der Waals surface area (Å²) >= 11 is 0. The summed E-state index contributed by atoms with van der Waals surface area (Å²) in [6, 6.07) is 15.2. The Hall–Kier alpha value is -2.86. The van der Waals surface area contributed by atoms with Crippen LogP contribution in [0.3, 0.4) is 0 Å². The average Bonchev–Trinajstić information content (AvgIpc) is 2.63. The van der Waals surface area contributed by atoms with E-state index < -0.39 is 0 Å². The molecule has 1 fully saturated rings. The van der Waals surface area contributed by atoms with Gasteiger partial charge in [0.25, 0.3) is 0 Å². The first-order valence-electron chi connectivity index (χ1n) is 8.69. The summed E-state index contributed by atoms with van der Waals surface area (Å²) in [7, 11) is 0. The van der Waals surface area contributed by atoms with Crippen LogP contribution in [-0.4, -0.2) is 38.1 Å². The van der Waals surface area contributed by atoms with Crippen LogP contribution in [0, 0.1) is 0 Å². The van der Waals surface area contributed by atoms with Gasteiger partial charge in [0.2, 0.25) is 11.8 Å². The topological polar surface area (TPSA) is 70.7 Å². The van der Waals surface area contributed by atoms with Crippen LogP contribution in [0.1, 0.15) is 12.5 Å². The highest BCUT2D eigenvalue weighted by molar-refractivity contribution is 5.94. The minimum absolute atomic E-state index is 0.0934. The fraction of sp³-hybridized carbons (Fsp3) is 0.300. The number of morpholine rings is 1. The molecular weight excluding hydrogens is 330 g/mol. The average molecular weight is 353 g/mol. The van der Waals surface area contributed by atoms with Crippen LogP contribution in [-0.2, 0) is 20.7 Å². The van der Waals surface area contributed by atoms with Crippen LogP contribution in [0.5, 0.6) is 0 Å². The fourth-order valence-corrected chi connectivity index (χ4v) is 2.91. The van der Waals surface area contributed by atoms with E-state index in [1.54, 1.807) is 24.3 Å². The first kappa shape index (κ1) is 17.9. The number of hydrogen-bond donors (Lipinski definition) is 2. The van der Waals surface area contributed by atoms with Crippen molar-refractivity contribution in [3.05, 3.63) is 54.1 Å². The molecule has 0 aliphatic carbocycles. The number of nitrogens with one attached hydrogen (secondary N) is 2. The summed E-state index contributed by atoms with van der Waals surface area (Å²) in [5.74, 6) is -0.238. The van der Waals surface area contributed by atoms with Gasteiger partial charge in [-0.1, -0.05) is 18.2 Å². The molecular formula is C20H23N3O3. The van der Waals surface area contributed by atoms with Crippen LogP contribution >= 0.6 is 0 Å². The van der Waals surface area contributed by atoms with Gasteiger partial charge >= 0.3 is 0 Å². The van der Waals surface area contributed by atoms with E-state index in [9.17, 15) is 9.59 Å². The smallest absolute Gasteiger partial charge is 0.228 e. The summed E-state index contributed by atoms with van der Waals surface area (Å²) in [6.07, 6.45) is 0.299. The van der Waals surface area contributed by atoms with Gasteiger partial charge in [-0.15, -0.1) is 0 Å². The first-order valence-corrected chi connectivity index (χ1v) is 8.69. The van der Waals surface area contributed by atoms with E-state index in [1.807, 2.05) is 24.3 Å². The predicted molar refractivity (Wildman–Crippen MR) is 103 cm³/mol. The lowest BCUT2D eigenvalue weighted by molar-refractivity contribution is -0.115. The third kappa shape index (κ3) is 5.07. The van der Waals surface area contributed by atoms with Gasteiger partial charge in [0.05, 0.1) is 19.6 Å². The van der Waals surface area contributed by atoms with Crippen molar-refractivity contribution in [2.75, 3.05) is 41.8 Å². The summed E-state index contributed by atoms with van der Waals surface area (Å²) in [4.78, 5) is 25.7. The molecule has 2 aromatic rings. The lowest BCUT2D eigenvalue weighted by Gasteiger charge is -2.28. The molecule has 136 valence electrons. The van der Waals surface area contributed by atoms with Crippen molar-refractivity contribution >= 4 is 28.9 Å². The quantitative estimate of drug-likeness (QED) is 0.867. The molecule has 26 heavy (non-hydrogen) atoms. The molecule has 6 nitrogen and oxygen atoms in total. The van der Waals surface area contributed by atoms with Crippen molar-refractivity contribution in [3.63, 3.8) is 0 Å². The van der Waals surface area contributed by atoms with Crippen molar-refractivity contribution < 1.29 is 14.3 Å². The standard InChI is InChI=1S/C20H23N3O3/c1-15(24)21-17-3-2-4-18(14-17)22-20(25)13-16-5-7-19(8-6-16)23-9-11-26-12-10-23/h2-8,14H,9-13H2,1H3,(H,21,24)(H,22,25). The molecule has 3 rings (SSSR count). The van der Waals surface area contributed by atoms with Crippen molar-refractivity contribution in [2.45, 2.75) is 13.3 Å². The van der Waals surface area contributed by atoms with Crippen molar-refractivity contribution in [3.8, 4) is 0 Å². The van der Waals surface area contributed by atoms with Gasteiger partial charge in [-0.25, -0.2) is 0 Å². The number of carbonyl (C=O) groups is 2. The lowest BCUT2D eigenvalue weighted by Crippen LogP contribution is -2.36. The molecule has 1 aliphatic heterocycles. The first-order chi connectivity index (χ1) is 12.6. The number of anilines is 3. The number of rotatable bonds is 5. The number of ether oxygens (including phenoxy) is 1. The van der Waals surface area contributed by atoms with Crippen molar-refractivity contribution in [2.24, 2.45) is 0 Å². The monoisotopic (exact) mass is 353 g/mol. The highest BCUT2D eigenvalue weighted by atomic mass is 16.5. The maximum absolute atomic E-state index is 12.3. The van der Waals surface area contributed by atoms with E-state index in [-0.39, 0.29) is 11.8 Å². The van der Waals surface area contributed by atoms with Gasteiger partial charge in [0, 0.05) is 37.1 Å². The van der Waals surface area contributed by atoms with Crippen molar-refractivity contribution in [1.29, 1.82) is 0 Å². The molecule has 2 amide bonds. The third-order valence-electron chi connectivity index (χ3n) is 4.14. The number of hydrogen-bond acceptors (Lipinski definition) is 4. The van der Waals surface area contributed by atoms with E-state index in [0.29, 0.717) is 17.8 Å². The molecule has 2 N–H and O–H groups in total. The maximum Gasteiger partial charge on any atom is 0.228 e. The Balaban J connectivity index is 1.57. The SMILES string of the molecule is CC(=O)Nc1cccc(NC(=O)Cc2ccc(N3CCOCC3)cc2)c1.